The molecule has 14 heavy (non-hydrogen) atoms. The van der Waals surface area contributed by atoms with Crippen LogP contribution in [0.25, 0.3) is 0 Å². The van der Waals surface area contributed by atoms with Crippen molar-refractivity contribution in [1.82, 2.24) is 5.32 Å². The summed E-state index contributed by atoms with van der Waals surface area (Å²) in [7, 11) is 0. The highest BCUT2D eigenvalue weighted by molar-refractivity contribution is 4.54. The fraction of sp³-hybridized carbons (Fsp3) is 1.00. The van der Waals surface area contributed by atoms with Crippen LogP contribution in [0.3, 0.4) is 0 Å². The Labute approximate surface area is 83.0 Å². The number of hydrogen-bond acceptors (Lipinski definition) is 2. The topological polar surface area (TPSA) is 38.0 Å². The zero-order chi connectivity index (χ0) is 10.9. The summed E-state index contributed by atoms with van der Waals surface area (Å²) in [5, 5.41) is 2.98. The fourth-order valence-electron chi connectivity index (χ4n) is 1.11. The van der Waals surface area contributed by atoms with Crippen LogP contribution in [0.5, 0.6) is 0 Å². The van der Waals surface area contributed by atoms with Crippen molar-refractivity contribution in [3.8, 4) is 0 Å². The molecule has 2 nitrogen and oxygen atoms in total. The Morgan fingerprint density at radius 2 is 1.57 bits per heavy atom. The summed E-state index contributed by atoms with van der Waals surface area (Å²) in [6.45, 7) is 1.92. The van der Waals surface area contributed by atoms with Crippen LogP contribution in [0.1, 0.15) is 32.1 Å². The molecule has 0 bridgehead atoms. The maximum atomic E-state index is 11.7. The first-order valence-electron chi connectivity index (χ1n) is 5.04. The van der Waals surface area contributed by atoms with Crippen molar-refractivity contribution in [3.05, 3.63) is 0 Å². The highest BCUT2D eigenvalue weighted by Gasteiger charge is 2.25. The molecule has 0 heterocycles. The van der Waals surface area contributed by atoms with Crippen LogP contribution < -0.4 is 11.1 Å². The smallest absolute Gasteiger partial charge is 0.330 e. The van der Waals surface area contributed by atoms with E-state index in [1.807, 2.05) is 0 Å². The van der Waals surface area contributed by atoms with Gasteiger partial charge in [-0.05, 0) is 38.9 Å². The lowest BCUT2D eigenvalue weighted by molar-refractivity contribution is -0.135. The van der Waals surface area contributed by atoms with Gasteiger partial charge in [0.2, 0.25) is 0 Å². The standard InChI is InChI=1S/C9H19F3N2/c10-9(11,12)5-4-8-14-7-3-1-2-6-13/h14H,1-8,13H2. The highest BCUT2D eigenvalue weighted by atomic mass is 19.4. The second-order valence-electron chi connectivity index (χ2n) is 3.32. The summed E-state index contributed by atoms with van der Waals surface area (Å²) in [5.74, 6) is 0. The molecule has 0 aromatic heterocycles. The number of halogens is 3. The number of nitrogens with one attached hydrogen (secondary N) is 1. The van der Waals surface area contributed by atoms with Crippen molar-refractivity contribution in [2.24, 2.45) is 5.73 Å². The first-order valence-corrected chi connectivity index (χ1v) is 5.04. The molecule has 0 rings (SSSR count). The monoisotopic (exact) mass is 212 g/mol. The van der Waals surface area contributed by atoms with Gasteiger partial charge in [0.05, 0.1) is 0 Å². The zero-order valence-electron chi connectivity index (χ0n) is 8.37. The fourth-order valence-corrected chi connectivity index (χ4v) is 1.11. The average molecular weight is 212 g/mol. The van der Waals surface area contributed by atoms with Gasteiger partial charge in [0, 0.05) is 6.42 Å². The molecule has 3 N–H and O–H groups in total. The van der Waals surface area contributed by atoms with Gasteiger partial charge in [0.1, 0.15) is 0 Å². The SMILES string of the molecule is NCCCCCNCCCC(F)(F)F. The number of hydrogen-bond donors (Lipinski definition) is 2. The maximum Gasteiger partial charge on any atom is 0.389 e. The molecule has 5 heteroatoms. The third-order valence-electron chi connectivity index (χ3n) is 1.87. The van der Waals surface area contributed by atoms with E-state index in [0.29, 0.717) is 13.1 Å². The molecule has 0 aliphatic carbocycles. The van der Waals surface area contributed by atoms with E-state index in [1.54, 1.807) is 0 Å². The molecule has 0 saturated heterocycles. The van der Waals surface area contributed by atoms with Crippen LogP contribution in [0.4, 0.5) is 13.2 Å². The van der Waals surface area contributed by atoms with Gasteiger partial charge in [-0.3, -0.25) is 0 Å². The Morgan fingerprint density at radius 1 is 0.929 bits per heavy atom. The van der Waals surface area contributed by atoms with Crippen molar-refractivity contribution < 1.29 is 13.2 Å². The third kappa shape index (κ3) is 11.7. The first-order chi connectivity index (χ1) is 6.56. The van der Waals surface area contributed by atoms with Gasteiger partial charge in [-0.1, -0.05) is 6.42 Å². The Hall–Kier alpha value is -0.290. The Morgan fingerprint density at radius 3 is 2.14 bits per heavy atom. The Kier molecular flexibility index (Phi) is 7.89. The molecule has 0 aliphatic heterocycles. The molecule has 0 saturated carbocycles. The van der Waals surface area contributed by atoms with Crippen LogP contribution >= 0.6 is 0 Å². The third-order valence-corrected chi connectivity index (χ3v) is 1.87. The van der Waals surface area contributed by atoms with Gasteiger partial charge in [0.25, 0.3) is 0 Å². The largest absolute Gasteiger partial charge is 0.389 e. The minimum atomic E-state index is -4.01. The van der Waals surface area contributed by atoms with Gasteiger partial charge in [-0.2, -0.15) is 13.2 Å². The molecule has 0 unspecified atom stereocenters. The number of nitrogens with two attached hydrogens (primary N) is 1. The molecule has 0 atom stereocenters. The Balaban J connectivity index is 2.99. The molecule has 0 fully saturated rings. The summed E-state index contributed by atoms with van der Waals surface area (Å²) in [6.07, 6.45) is -1.51. The predicted molar refractivity (Wildman–Crippen MR) is 51.1 cm³/mol. The minimum Gasteiger partial charge on any atom is -0.330 e. The van der Waals surface area contributed by atoms with E-state index >= 15 is 0 Å². The van der Waals surface area contributed by atoms with Crippen molar-refractivity contribution in [2.75, 3.05) is 19.6 Å². The van der Waals surface area contributed by atoms with E-state index in [9.17, 15) is 13.2 Å². The van der Waals surface area contributed by atoms with Crippen molar-refractivity contribution in [1.29, 1.82) is 0 Å². The van der Waals surface area contributed by atoms with Gasteiger partial charge in [-0.15, -0.1) is 0 Å². The average Bonchev–Trinajstić information content (AvgIpc) is 2.08. The molecule has 86 valence electrons. The lowest BCUT2D eigenvalue weighted by atomic mass is 10.2. The predicted octanol–water partition coefficient (Wildman–Crippen LogP) is 2.05. The van der Waals surface area contributed by atoms with Gasteiger partial charge in [-0.25, -0.2) is 0 Å². The lowest BCUT2D eigenvalue weighted by Crippen LogP contribution is -2.19. The summed E-state index contributed by atoms with van der Waals surface area (Å²) in [5.41, 5.74) is 5.29. The normalized spacial score (nSPS) is 12.0. The Bertz CT molecular complexity index is 126. The summed E-state index contributed by atoms with van der Waals surface area (Å²) in [6, 6.07) is 0. The van der Waals surface area contributed by atoms with E-state index in [2.05, 4.69) is 5.32 Å². The minimum absolute atomic E-state index is 0.167. The number of unbranched alkanes of at least 4 members (excludes halogenated alkanes) is 2. The second kappa shape index (κ2) is 8.05. The van der Waals surface area contributed by atoms with E-state index in [-0.39, 0.29) is 6.42 Å². The van der Waals surface area contributed by atoms with E-state index in [4.69, 9.17) is 5.73 Å². The number of alkyl halides is 3. The lowest BCUT2D eigenvalue weighted by Gasteiger charge is -2.06. The van der Waals surface area contributed by atoms with Crippen LogP contribution in [0.15, 0.2) is 0 Å². The number of rotatable bonds is 8. The zero-order valence-corrected chi connectivity index (χ0v) is 8.37. The van der Waals surface area contributed by atoms with Crippen molar-refractivity contribution >= 4 is 0 Å². The van der Waals surface area contributed by atoms with Crippen LogP contribution in [0, 0.1) is 0 Å². The molecule has 0 aliphatic rings. The van der Waals surface area contributed by atoms with Gasteiger partial charge < -0.3 is 11.1 Å². The highest BCUT2D eigenvalue weighted by Crippen LogP contribution is 2.20. The van der Waals surface area contributed by atoms with E-state index in [0.717, 1.165) is 25.8 Å². The van der Waals surface area contributed by atoms with Gasteiger partial charge >= 0.3 is 6.18 Å². The quantitative estimate of drug-likeness (QED) is 0.604. The van der Waals surface area contributed by atoms with E-state index < -0.39 is 12.6 Å². The molecule has 0 aromatic rings. The summed E-state index contributed by atoms with van der Waals surface area (Å²) in [4.78, 5) is 0. The second-order valence-corrected chi connectivity index (χ2v) is 3.32. The molecular formula is C9H19F3N2. The van der Waals surface area contributed by atoms with Gasteiger partial charge in [0.15, 0.2) is 0 Å². The van der Waals surface area contributed by atoms with E-state index in [1.165, 1.54) is 0 Å². The first kappa shape index (κ1) is 13.7. The van der Waals surface area contributed by atoms with Crippen molar-refractivity contribution in [3.63, 3.8) is 0 Å². The summed E-state index contributed by atoms with van der Waals surface area (Å²) >= 11 is 0. The molecule has 0 aromatic carbocycles. The maximum absolute atomic E-state index is 11.7. The van der Waals surface area contributed by atoms with Crippen LogP contribution in [-0.2, 0) is 0 Å². The molecule has 0 amide bonds. The van der Waals surface area contributed by atoms with Crippen LogP contribution in [-0.4, -0.2) is 25.8 Å². The molecular weight excluding hydrogens is 193 g/mol. The molecule has 0 spiro atoms. The molecule has 0 radical (unpaired) electrons. The summed E-state index contributed by atoms with van der Waals surface area (Å²) < 4.78 is 35.1. The van der Waals surface area contributed by atoms with Crippen LogP contribution in [0.2, 0.25) is 0 Å². The van der Waals surface area contributed by atoms with Crippen molar-refractivity contribution in [2.45, 2.75) is 38.3 Å².